The quantitative estimate of drug-likeness (QED) is 0.714. The van der Waals surface area contributed by atoms with E-state index in [2.05, 4.69) is 6.92 Å². The lowest BCUT2D eigenvalue weighted by Gasteiger charge is -2.07. The molecule has 0 aromatic heterocycles. The highest BCUT2D eigenvalue weighted by Gasteiger charge is 2.31. The molecular formula is C11H27NO2Si. The van der Waals surface area contributed by atoms with E-state index in [1.165, 1.54) is 19.3 Å². The maximum atomic E-state index is 5.55. The molecule has 1 aliphatic rings. The van der Waals surface area contributed by atoms with Gasteiger partial charge in [0.15, 0.2) is 0 Å². The normalized spacial score (nSPS) is 23.6. The molecular weight excluding hydrogens is 206 g/mol. The summed E-state index contributed by atoms with van der Waals surface area (Å²) in [4.78, 5) is 0. The van der Waals surface area contributed by atoms with Crippen LogP contribution in [0, 0.1) is 5.92 Å². The van der Waals surface area contributed by atoms with Gasteiger partial charge in [0, 0.05) is 19.3 Å². The van der Waals surface area contributed by atoms with Crippen molar-refractivity contribution in [3.63, 3.8) is 0 Å². The summed E-state index contributed by atoms with van der Waals surface area (Å²) in [5.74, 6) is 0.894. The minimum atomic E-state index is -1.20. The Morgan fingerprint density at radius 3 is 1.87 bits per heavy atom. The first-order chi connectivity index (χ1) is 7.15. The highest BCUT2D eigenvalue weighted by atomic mass is 28.3. The van der Waals surface area contributed by atoms with Crippen LogP contribution in [0.4, 0.5) is 0 Å². The highest BCUT2D eigenvalue weighted by Crippen LogP contribution is 2.31. The lowest BCUT2D eigenvalue weighted by atomic mass is 10.2. The first kappa shape index (κ1) is 15.1. The Kier molecular flexibility index (Phi) is 9.39. The van der Waals surface area contributed by atoms with Crippen LogP contribution in [0.5, 0.6) is 0 Å². The first-order valence-corrected chi connectivity index (χ1v) is 8.24. The summed E-state index contributed by atoms with van der Waals surface area (Å²) >= 11 is 0. The molecule has 0 heterocycles. The number of nitrogens with two attached hydrogens (primary N) is 1. The van der Waals surface area contributed by atoms with Gasteiger partial charge in [-0.05, 0) is 39.2 Å². The van der Waals surface area contributed by atoms with Crippen molar-refractivity contribution in [1.29, 1.82) is 0 Å². The van der Waals surface area contributed by atoms with Crippen LogP contribution >= 0.6 is 0 Å². The van der Waals surface area contributed by atoms with Crippen molar-refractivity contribution in [2.24, 2.45) is 11.7 Å². The van der Waals surface area contributed by atoms with Gasteiger partial charge in [-0.25, -0.2) is 0 Å². The van der Waals surface area contributed by atoms with Crippen LogP contribution in [0.25, 0.3) is 0 Å². The van der Waals surface area contributed by atoms with Gasteiger partial charge in [-0.2, -0.15) is 0 Å². The summed E-state index contributed by atoms with van der Waals surface area (Å²) < 4.78 is 10.4. The zero-order chi connectivity index (χ0) is 11.7. The molecule has 0 bridgehead atoms. The number of rotatable bonds is 6. The van der Waals surface area contributed by atoms with Crippen LogP contribution < -0.4 is 5.73 Å². The van der Waals surface area contributed by atoms with E-state index in [4.69, 9.17) is 14.6 Å². The Morgan fingerprint density at radius 1 is 1.20 bits per heavy atom. The zero-order valence-electron chi connectivity index (χ0n) is 10.7. The van der Waals surface area contributed by atoms with E-state index in [1.54, 1.807) is 0 Å². The molecule has 0 saturated heterocycles. The lowest BCUT2D eigenvalue weighted by molar-refractivity contribution is 0.219. The molecule has 15 heavy (non-hydrogen) atoms. The van der Waals surface area contributed by atoms with Gasteiger partial charge in [-0.15, -0.1) is 0 Å². The monoisotopic (exact) mass is 233 g/mol. The highest BCUT2D eigenvalue weighted by molar-refractivity contribution is 6.42. The van der Waals surface area contributed by atoms with Crippen LogP contribution in [0.15, 0.2) is 0 Å². The Labute approximate surface area is 96.2 Å². The summed E-state index contributed by atoms with van der Waals surface area (Å²) in [5, 5.41) is 0. The SMILES string of the molecule is CCCC1CC1N.CCO[SiH](C)OCC. The van der Waals surface area contributed by atoms with E-state index in [0.29, 0.717) is 6.04 Å². The molecule has 0 aliphatic heterocycles. The van der Waals surface area contributed by atoms with Crippen molar-refractivity contribution in [2.75, 3.05) is 13.2 Å². The van der Waals surface area contributed by atoms with Gasteiger partial charge in [0.1, 0.15) is 0 Å². The minimum Gasteiger partial charge on any atom is -0.397 e. The third-order valence-corrected chi connectivity index (χ3v) is 4.04. The van der Waals surface area contributed by atoms with Gasteiger partial charge in [-0.3, -0.25) is 0 Å². The predicted octanol–water partition coefficient (Wildman–Crippen LogP) is 2.04. The lowest BCUT2D eigenvalue weighted by Crippen LogP contribution is -2.17. The maximum Gasteiger partial charge on any atom is 0.318 e. The standard InChI is InChI=1S/C6H13N.C5H14O2Si/c1-2-3-5-4-6(5)7;1-4-6-8(3)7-5-2/h5-6H,2-4,7H2,1H3;8H,4-5H2,1-3H3. The van der Waals surface area contributed by atoms with E-state index in [0.717, 1.165) is 19.1 Å². The number of hydrogen-bond donors (Lipinski definition) is 1. The fraction of sp³-hybridized carbons (Fsp3) is 1.00. The molecule has 1 rings (SSSR count). The van der Waals surface area contributed by atoms with Gasteiger partial charge >= 0.3 is 9.28 Å². The maximum absolute atomic E-state index is 5.55. The molecule has 92 valence electrons. The molecule has 1 fully saturated rings. The second-order valence-corrected chi connectivity index (χ2v) is 5.73. The average Bonchev–Trinajstić information content (AvgIpc) is 2.84. The molecule has 0 radical (unpaired) electrons. The summed E-state index contributed by atoms with van der Waals surface area (Å²) in [5.41, 5.74) is 5.55. The van der Waals surface area contributed by atoms with E-state index in [-0.39, 0.29) is 0 Å². The van der Waals surface area contributed by atoms with Crippen LogP contribution in [0.1, 0.15) is 40.0 Å². The molecule has 1 aliphatic carbocycles. The fourth-order valence-electron chi connectivity index (χ4n) is 1.49. The van der Waals surface area contributed by atoms with Crippen molar-refractivity contribution < 1.29 is 8.85 Å². The zero-order valence-corrected chi connectivity index (χ0v) is 11.8. The summed E-state index contributed by atoms with van der Waals surface area (Å²) in [7, 11) is -1.20. The van der Waals surface area contributed by atoms with Crippen molar-refractivity contribution in [3.05, 3.63) is 0 Å². The molecule has 2 atom stereocenters. The van der Waals surface area contributed by atoms with Crippen LogP contribution in [0.3, 0.4) is 0 Å². The van der Waals surface area contributed by atoms with Gasteiger partial charge in [0.25, 0.3) is 0 Å². The molecule has 2 unspecified atom stereocenters. The average molecular weight is 233 g/mol. The van der Waals surface area contributed by atoms with E-state index in [1.807, 2.05) is 20.4 Å². The third-order valence-electron chi connectivity index (χ3n) is 2.44. The second kappa shape index (κ2) is 9.33. The largest absolute Gasteiger partial charge is 0.397 e. The molecule has 3 nitrogen and oxygen atoms in total. The Balaban J connectivity index is 0.000000262. The second-order valence-electron chi connectivity index (χ2n) is 3.93. The third kappa shape index (κ3) is 9.05. The van der Waals surface area contributed by atoms with Crippen LogP contribution in [-0.2, 0) is 8.85 Å². The van der Waals surface area contributed by atoms with Crippen LogP contribution in [-0.4, -0.2) is 28.5 Å². The predicted molar refractivity (Wildman–Crippen MR) is 67.3 cm³/mol. The number of hydrogen-bond acceptors (Lipinski definition) is 3. The van der Waals surface area contributed by atoms with Crippen molar-refractivity contribution >= 4 is 9.28 Å². The molecule has 1 saturated carbocycles. The van der Waals surface area contributed by atoms with E-state index in [9.17, 15) is 0 Å². The fourth-order valence-corrected chi connectivity index (χ4v) is 2.53. The smallest absolute Gasteiger partial charge is 0.318 e. The van der Waals surface area contributed by atoms with Gasteiger partial charge in [-0.1, -0.05) is 13.3 Å². The summed E-state index contributed by atoms with van der Waals surface area (Å²) in [6.45, 7) is 9.80. The van der Waals surface area contributed by atoms with E-state index < -0.39 is 9.28 Å². The molecule has 2 N–H and O–H groups in total. The van der Waals surface area contributed by atoms with Crippen molar-refractivity contribution in [3.8, 4) is 0 Å². The molecule has 0 amide bonds. The van der Waals surface area contributed by atoms with Gasteiger partial charge in [0.05, 0.1) is 0 Å². The van der Waals surface area contributed by atoms with Crippen molar-refractivity contribution in [1.82, 2.24) is 0 Å². The van der Waals surface area contributed by atoms with E-state index >= 15 is 0 Å². The van der Waals surface area contributed by atoms with Gasteiger partial charge < -0.3 is 14.6 Å². The van der Waals surface area contributed by atoms with Crippen molar-refractivity contribution in [2.45, 2.75) is 52.6 Å². The Bertz CT molecular complexity index is 141. The molecule has 4 heteroatoms. The Morgan fingerprint density at radius 2 is 1.67 bits per heavy atom. The molecule has 0 aromatic carbocycles. The Hall–Kier alpha value is 0.0969. The minimum absolute atomic E-state index is 0.569. The van der Waals surface area contributed by atoms with Gasteiger partial charge in [0.2, 0.25) is 0 Å². The molecule has 0 aromatic rings. The van der Waals surface area contributed by atoms with Crippen LogP contribution in [0.2, 0.25) is 6.55 Å². The topological polar surface area (TPSA) is 44.5 Å². The summed E-state index contributed by atoms with van der Waals surface area (Å²) in [6, 6.07) is 0.569. The summed E-state index contributed by atoms with van der Waals surface area (Å²) in [6.07, 6.45) is 3.94. The molecule has 0 spiro atoms. The first-order valence-electron chi connectivity index (χ1n) is 6.14.